The fourth-order valence-corrected chi connectivity index (χ4v) is 4.91. The van der Waals surface area contributed by atoms with Crippen molar-refractivity contribution in [2.75, 3.05) is 6.61 Å². The number of carbonyl (C=O) groups is 1. The predicted molar refractivity (Wildman–Crippen MR) is 157 cm³/mol. The maximum atomic E-state index is 11.6. The summed E-state index contributed by atoms with van der Waals surface area (Å²) in [5, 5.41) is 0. The quantitative estimate of drug-likeness (QED) is 0.166. The maximum absolute atomic E-state index is 11.6. The van der Waals surface area contributed by atoms with Gasteiger partial charge in [-0.1, -0.05) is 121 Å². The molecule has 1 heterocycles. The van der Waals surface area contributed by atoms with Crippen LogP contribution in [0.25, 0.3) is 0 Å². The molecule has 1 fully saturated rings. The normalized spacial score (nSPS) is 22.0. The molecule has 0 aromatic heterocycles. The molecule has 0 spiro atoms. The lowest BCUT2D eigenvalue weighted by molar-refractivity contribution is -0.317. The first-order valence-electron chi connectivity index (χ1n) is 14.1. The SMILES string of the molecule is O=CO[C@H]1O[C@H](COCc2ccccc2)[C@@H](OCc2ccccc2)[C@H](OCc2ccccc2)[C@H]1OCc1ccccc1. The fourth-order valence-electron chi connectivity index (χ4n) is 4.91. The monoisotopic (exact) mass is 568 g/mol. The molecular weight excluding hydrogens is 532 g/mol. The highest BCUT2D eigenvalue weighted by molar-refractivity contribution is 5.37. The van der Waals surface area contributed by atoms with E-state index < -0.39 is 30.7 Å². The van der Waals surface area contributed by atoms with Crippen molar-refractivity contribution in [3.8, 4) is 0 Å². The lowest BCUT2D eigenvalue weighted by Crippen LogP contribution is -2.61. The van der Waals surface area contributed by atoms with Gasteiger partial charge in [0.25, 0.3) is 6.47 Å². The Hall–Kier alpha value is -3.85. The summed E-state index contributed by atoms with van der Waals surface area (Å²) >= 11 is 0. The number of ether oxygens (including phenoxy) is 6. The highest BCUT2D eigenvalue weighted by atomic mass is 16.7. The van der Waals surface area contributed by atoms with Gasteiger partial charge in [0, 0.05) is 0 Å². The summed E-state index contributed by atoms with van der Waals surface area (Å²) in [5.41, 5.74) is 4.02. The van der Waals surface area contributed by atoms with Crippen molar-refractivity contribution in [2.24, 2.45) is 0 Å². The first-order chi connectivity index (χ1) is 20.8. The summed E-state index contributed by atoms with van der Waals surface area (Å²) in [6.45, 7) is 1.90. The van der Waals surface area contributed by atoms with Crippen molar-refractivity contribution in [1.29, 1.82) is 0 Å². The Labute approximate surface area is 246 Å². The van der Waals surface area contributed by atoms with Crippen LogP contribution in [0.3, 0.4) is 0 Å². The van der Waals surface area contributed by atoms with E-state index in [9.17, 15) is 4.79 Å². The van der Waals surface area contributed by atoms with Crippen LogP contribution in [0.1, 0.15) is 22.3 Å². The average Bonchev–Trinajstić information content (AvgIpc) is 3.05. The van der Waals surface area contributed by atoms with Gasteiger partial charge in [-0.2, -0.15) is 0 Å². The molecule has 0 unspecified atom stereocenters. The van der Waals surface area contributed by atoms with E-state index in [-0.39, 0.29) is 13.2 Å². The Bertz CT molecular complexity index is 1300. The predicted octanol–water partition coefficient (Wildman–Crippen LogP) is 5.86. The Morgan fingerprint density at radius 1 is 0.524 bits per heavy atom. The molecule has 1 saturated heterocycles. The van der Waals surface area contributed by atoms with Crippen molar-refractivity contribution in [2.45, 2.75) is 57.1 Å². The van der Waals surface area contributed by atoms with E-state index in [2.05, 4.69) is 0 Å². The van der Waals surface area contributed by atoms with Gasteiger partial charge in [0.05, 0.1) is 33.0 Å². The Balaban J connectivity index is 1.40. The topological polar surface area (TPSA) is 72.5 Å². The third kappa shape index (κ3) is 8.58. The van der Waals surface area contributed by atoms with Gasteiger partial charge in [-0.05, 0) is 22.3 Å². The highest BCUT2D eigenvalue weighted by Crippen LogP contribution is 2.31. The summed E-state index contributed by atoms with van der Waals surface area (Å²) < 4.78 is 37.4. The lowest BCUT2D eigenvalue weighted by Gasteiger charge is -2.45. The van der Waals surface area contributed by atoms with Gasteiger partial charge in [0.1, 0.15) is 24.4 Å². The zero-order valence-electron chi connectivity index (χ0n) is 23.4. The van der Waals surface area contributed by atoms with E-state index in [0.29, 0.717) is 26.3 Å². The van der Waals surface area contributed by atoms with Crippen LogP contribution in [-0.4, -0.2) is 43.8 Å². The summed E-state index contributed by atoms with van der Waals surface area (Å²) in [5.74, 6) is 0. The van der Waals surface area contributed by atoms with Crippen molar-refractivity contribution < 1.29 is 33.2 Å². The summed E-state index contributed by atoms with van der Waals surface area (Å²) in [6, 6.07) is 39.5. The Kier molecular flexibility index (Phi) is 11.3. The fraction of sp³-hybridized carbons (Fsp3) is 0.286. The van der Waals surface area contributed by atoms with Gasteiger partial charge in [-0.25, -0.2) is 0 Å². The molecule has 5 atom stereocenters. The molecule has 42 heavy (non-hydrogen) atoms. The third-order valence-electron chi connectivity index (χ3n) is 7.03. The van der Waals surface area contributed by atoms with E-state index in [1.807, 2.05) is 121 Å². The van der Waals surface area contributed by atoms with Gasteiger partial charge >= 0.3 is 0 Å². The van der Waals surface area contributed by atoms with Gasteiger partial charge in [0.2, 0.25) is 6.29 Å². The summed E-state index contributed by atoms with van der Waals surface area (Å²) in [4.78, 5) is 11.6. The first kappa shape index (κ1) is 29.6. The molecule has 4 aromatic carbocycles. The smallest absolute Gasteiger partial charge is 0.295 e. The second-order valence-electron chi connectivity index (χ2n) is 10.1. The molecule has 0 amide bonds. The third-order valence-corrected chi connectivity index (χ3v) is 7.03. The molecule has 5 rings (SSSR count). The molecule has 7 nitrogen and oxygen atoms in total. The van der Waals surface area contributed by atoms with Gasteiger partial charge < -0.3 is 28.4 Å². The minimum absolute atomic E-state index is 0.198. The van der Waals surface area contributed by atoms with Crippen LogP contribution >= 0.6 is 0 Å². The van der Waals surface area contributed by atoms with Crippen LogP contribution in [0.2, 0.25) is 0 Å². The maximum Gasteiger partial charge on any atom is 0.295 e. The van der Waals surface area contributed by atoms with Crippen molar-refractivity contribution >= 4 is 6.47 Å². The van der Waals surface area contributed by atoms with E-state index >= 15 is 0 Å². The second kappa shape index (κ2) is 16.0. The van der Waals surface area contributed by atoms with E-state index in [4.69, 9.17) is 28.4 Å². The van der Waals surface area contributed by atoms with Crippen LogP contribution < -0.4 is 0 Å². The van der Waals surface area contributed by atoms with Crippen LogP contribution in [0.5, 0.6) is 0 Å². The summed E-state index contributed by atoms with van der Waals surface area (Å²) in [6.07, 6.45) is -3.60. The molecule has 7 heteroatoms. The standard InChI is InChI=1S/C35H36O7/c36-26-41-35-34(40-24-30-19-11-4-12-20-30)33(39-23-29-17-9-3-10-18-29)32(38-22-28-15-7-2-8-16-28)31(42-35)25-37-21-27-13-5-1-6-14-27/h1-20,26,31-35H,21-25H2/t31-,32-,33+,34-,35+/m1/s1. The molecule has 0 saturated carbocycles. The molecule has 0 radical (unpaired) electrons. The number of carbonyl (C=O) groups excluding carboxylic acids is 1. The van der Waals surface area contributed by atoms with Gasteiger partial charge in [0.15, 0.2) is 0 Å². The molecule has 4 aromatic rings. The molecule has 1 aliphatic heterocycles. The minimum Gasteiger partial charge on any atom is -0.435 e. The molecule has 1 aliphatic rings. The molecule has 0 aliphatic carbocycles. The van der Waals surface area contributed by atoms with E-state index in [0.717, 1.165) is 22.3 Å². The number of hydrogen-bond acceptors (Lipinski definition) is 7. The van der Waals surface area contributed by atoms with Crippen LogP contribution in [0, 0.1) is 0 Å². The van der Waals surface area contributed by atoms with Crippen molar-refractivity contribution in [3.63, 3.8) is 0 Å². The Morgan fingerprint density at radius 3 is 1.38 bits per heavy atom. The molecule has 218 valence electrons. The molecule has 0 bridgehead atoms. The molecule has 0 N–H and O–H groups in total. The highest BCUT2D eigenvalue weighted by Gasteiger charge is 2.49. The zero-order valence-corrected chi connectivity index (χ0v) is 23.4. The zero-order chi connectivity index (χ0) is 28.8. The van der Waals surface area contributed by atoms with Crippen molar-refractivity contribution in [3.05, 3.63) is 144 Å². The van der Waals surface area contributed by atoms with Gasteiger partial charge in [-0.15, -0.1) is 0 Å². The minimum atomic E-state index is -1.02. The molecular formula is C35H36O7. The van der Waals surface area contributed by atoms with Crippen LogP contribution in [0.4, 0.5) is 0 Å². The van der Waals surface area contributed by atoms with Crippen LogP contribution in [0.15, 0.2) is 121 Å². The lowest BCUT2D eigenvalue weighted by atomic mass is 9.97. The number of rotatable bonds is 15. The number of benzene rings is 4. The summed E-state index contributed by atoms with van der Waals surface area (Å²) in [7, 11) is 0. The number of hydrogen-bond donors (Lipinski definition) is 0. The Morgan fingerprint density at radius 2 is 0.929 bits per heavy atom. The van der Waals surface area contributed by atoms with E-state index in [1.54, 1.807) is 0 Å². The van der Waals surface area contributed by atoms with Gasteiger partial charge in [-0.3, -0.25) is 4.79 Å². The van der Waals surface area contributed by atoms with Crippen molar-refractivity contribution in [1.82, 2.24) is 0 Å². The van der Waals surface area contributed by atoms with E-state index in [1.165, 1.54) is 0 Å². The first-order valence-corrected chi connectivity index (χ1v) is 14.1. The largest absolute Gasteiger partial charge is 0.435 e. The average molecular weight is 569 g/mol. The second-order valence-corrected chi connectivity index (χ2v) is 10.1. The van der Waals surface area contributed by atoms with Crippen LogP contribution in [-0.2, 0) is 59.6 Å².